The molecule has 0 spiro atoms. The van der Waals surface area contributed by atoms with Gasteiger partial charge in [-0.2, -0.15) is 13.2 Å². The van der Waals surface area contributed by atoms with Gasteiger partial charge in [0.15, 0.2) is 0 Å². The summed E-state index contributed by atoms with van der Waals surface area (Å²) in [6.45, 7) is 4.00. The van der Waals surface area contributed by atoms with Crippen LogP contribution in [0.15, 0.2) is 0 Å². The highest BCUT2D eigenvalue weighted by Gasteiger charge is 2.39. The monoisotopic (exact) mass is 254 g/mol. The number of hydrogen-bond donors (Lipinski definition) is 1. The Bertz CT molecular complexity index is 250. The number of carbonyl (C=O) groups excluding carboxylic acids is 1. The molecule has 0 atom stereocenters. The van der Waals surface area contributed by atoms with Gasteiger partial charge in [-0.05, 0) is 19.3 Å². The number of hydrogen-bond acceptors (Lipinski definition) is 2. The first kappa shape index (κ1) is 16.2. The largest absolute Gasteiger partial charge is 0.406 e. The second-order valence-corrected chi connectivity index (χ2v) is 4.21. The number of nitrogens with zero attached hydrogens (tertiary/aromatic N) is 1. The zero-order valence-corrected chi connectivity index (χ0v) is 10.6. The van der Waals surface area contributed by atoms with Crippen molar-refractivity contribution in [3.8, 4) is 0 Å². The van der Waals surface area contributed by atoms with Crippen LogP contribution in [-0.2, 0) is 4.79 Å². The van der Waals surface area contributed by atoms with Crippen molar-refractivity contribution in [3.63, 3.8) is 0 Å². The lowest BCUT2D eigenvalue weighted by Gasteiger charge is -2.33. The van der Waals surface area contributed by atoms with Crippen LogP contribution in [0.4, 0.5) is 13.2 Å². The number of amides is 1. The Morgan fingerprint density at radius 3 is 1.94 bits per heavy atom. The second kappa shape index (κ2) is 6.23. The molecule has 0 saturated heterocycles. The first-order valence-electron chi connectivity index (χ1n) is 5.85. The fourth-order valence-corrected chi connectivity index (χ4v) is 1.61. The minimum absolute atomic E-state index is 0.0806. The van der Waals surface area contributed by atoms with Gasteiger partial charge in [0.2, 0.25) is 5.91 Å². The van der Waals surface area contributed by atoms with Crippen molar-refractivity contribution in [1.29, 1.82) is 0 Å². The summed E-state index contributed by atoms with van der Waals surface area (Å²) in [5, 5.41) is 0. The van der Waals surface area contributed by atoms with E-state index < -0.39 is 24.2 Å². The third kappa shape index (κ3) is 4.93. The first-order chi connectivity index (χ1) is 7.70. The number of rotatable bonds is 6. The fourth-order valence-electron chi connectivity index (χ4n) is 1.61. The van der Waals surface area contributed by atoms with E-state index >= 15 is 0 Å². The standard InChI is InChI=1S/C11H21F3N2O/c1-4-7-16(8-11(12,13)14)9(17)10(15,5-2)6-3/h4-8,15H2,1-3H3. The van der Waals surface area contributed by atoms with E-state index in [0.29, 0.717) is 19.3 Å². The molecule has 0 heterocycles. The molecule has 0 aromatic rings. The lowest BCUT2D eigenvalue weighted by Crippen LogP contribution is -2.56. The topological polar surface area (TPSA) is 46.3 Å². The van der Waals surface area contributed by atoms with E-state index in [9.17, 15) is 18.0 Å². The number of halogens is 3. The van der Waals surface area contributed by atoms with Crippen molar-refractivity contribution in [2.24, 2.45) is 5.73 Å². The number of nitrogens with two attached hydrogens (primary N) is 1. The van der Waals surface area contributed by atoms with E-state index in [0.717, 1.165) is 4.90 Å². The van der Waals surface area contributed by atoms with E-state index in [-0.39, 0.29) is 6.54 Å². The van der Waals surface area contributed by atoms with E-state index in [1.54, 1.807) is 20.8 Å². The predicted octanol–water partition coefficient (Wildman–Crippen LogP) is 2.30. The van der Waals surface area contributed by atoms with Gasteiger partial charge in [-0.1, -0.05) is 20.8 Å². The van der Waals surface area contributed by atoms with Gasteiger partial charge >= 0.3 is 6.18 Å². The number of alkyl halides is 3. The highest BCUT2D eigenvalue weighted by atomic mass is 19.4. The van der Waals surface area contributed by atoms with Crippen LogP contribution >= 0.6 is 0 Å². The molecule has 0 bridgehead atoms. The summed E-state index contributed by atoms with van der Waals surface area (Å²) >= 11 is 0. The van der Waals surface area contributed by atoms with Gasteiger partial charge in [0.1, 0.15) is 6.54 Å². The van der Waals surface area contributed by atoms with Crippen LogP contribution in [0, 0.1) is 0 Å². The summed E-state index contributed by atoms with van der Waals surface area (Å²) in [6.07, 6.45) is -3.24. The summed E-state index contributed by atoms with van der Waals surface area (Å²) in [5.74, 6) is -0.610. The van der Waals surface area contributed by atoms with Crippen molar-refractivity contribution >= 4 is 5.91 Å². The highest BCUT2D eigenvalue weighted by Crippen LogP contribution is 2.21. The van der Waals surface area contributed by atoms with Crippen molar-refractivity contribution in [3.05, 3.63) is 0 Å². The maximum atomic E-state index is 12.4. The van der Waals surface area contributed by atoms with Crippen LogP contribution in [0.3, 0.4) is 0 Å². The maximum Gasteiger partial charge on any atom is 0.406 e. The van der Waals surface area contributed by atoms with Crippen LogP contribution in [0.1, 0.15) is 40.0 Å². The normalized spacial score (nSPS) is 12.6. The van der Waals surface area contributed by atoms with Crippen molar-refractivity contribution in [2.75, 3.05) is 13.1 Å². The Balaban J connectivity index is 4.87. The predicted molar refractivity (Wildman–Crippen MR) is 60.4 cm³/mol. The van der Waals surface area contributed by atoms with E-state index in [2.05, 4.69) is 0 Å². The molecule has 1 amide bonds. The Morgan fingerprint density at radius 2 is 1.65 bits per heavy atom. The van der Waals surface area contributed by atoms with Crippen LogP contribution in [0.25, 0.3) is 0 Å². The minimum atomic E-state index is -4.38. The van der Waals surface area contributed by atoms with Crippen molar-refractivity contribution < 1.29 is 18.0 Å². The molecular formula is C11H21F3N2O. The van der Waals surface area contributed by atoms with Gasteiger partial charge in [-0.25, -0.2) is 0 Å². The summed E-state index contributed by atoms with van der Waals surface area (Å²) in [4.78, 5) is 12.8. The molecule has 0 saturated carbocycles. The molecule has 17 heavy (non-hydrogen) atoms. The first-order valence-corrected chi connectivity index (χ1v) is 5.85. The third-order valence-electron chi connectivity index (χ3n) is 2.84. The van der Waals surface area contributed by atoms with Gasteiger partial charge in [0, 0.05) is 6.54 Å². The third-order valence-corrected chi connectivity index (χ3v) is 2.84. The SMILES string of the molecule is CCCN(CC(F)(F)F)C(=O)C(N)(CC)CC. The number of carbonyl (C=O) groups is 1. The van der Waals surface area contributed by atoms with Gasteiger partial charge < -0.3 is 10.6 Å². The van der Waals surface area contributed by atoms with E-state index in [1.807, 2.05) is 0 Å². The summed E-state index contributed by atoms with van der Waals surface area (Å²) in [7, 11) is 0. The molecule has 0 aliphatic heterocycles. The molecule has 0 aromatic carbocycles. The molecule has 0 aliphatic rings. The van der Waals surface area contributed by atoms with Gasteiger partial charge in [0.25, 0.3) is 0 Å². The molecule has 3 nitrogen and oxygen atoms in total. The molecule has 0 radical (unpaired) electrons. The van der Waals surface area contributed by atoms with Gasteiger partial charge in [0.05, 0.1) is 5.54 Å². The molecule has 0 aromatic heterocycles. The maximum absolute atomic E-state index is 12.4. The smallest absolute Gasteiger partial charge is 0.332 e. The van der Waals surface area contributed by atoms with Crippen molar-refractivity contribution in [1.82, 2.24) is 4.90 Å². The van der Waals surface area contributed by atoms with E-state index in [4.69, 9.17) is 5.73 Å². The minimum Gasteiger partial charge on any atom is -0.332 e. The zero-order valence-electron chi connectivity index (χ0n) is 10.6. The van der Waals surface area contributed by atoms with E-state index in [1.165, 1.54) is 0 Å². The molecule has 0 aliphatic carbocycles. The molecule has 0 fully saturated rings. The highest BCUT2D eigenvalue weighted by molar-refractivity contribution is 5.86. The fraction of sp³-hybridized carbons (Fsp3) is 0.909. The van der Waals surface area contributed by atoms with Gasteiger partial charge in [-0.3, -0.25) is 4.79 Å². The van der Waals surface area contributed by atoms with Crippen LogP contribution in [-0.4, -0.2) is 35.6 Å². The molecular weight excluding hydrogens is 233 g/mol. The summed E-state index contributed by atoms with van der Waals surface area (Å²) in [5.41, 5.74) is 4.65. The van der Waals surface area contributed by atoms with Crippen molar-refractivity contribution in [2.45, 2.75) is 51.7 Å². The quantitative estimate of drug-likeness (QED) is 0.790. The van der Waals surface area contributed by atoms with Gasteiger partial charge in [-0.15, -0.1) is 0 Å². The Labute approximate surface area is 100 Å². The van der Waals surface area contributed by atoms with Crippen LogP contribution in [0.5, 0.6) is 0 Å². The molecule has 6 heteroatoms. The molecule has 102 valence electrons. The second-order valence-electron chi connectivity index (χ2n) is 4.21. The average Bonchev–Trinajstić information content (AvgIpc) is 2.24. The molecule has 2 N–H and O–H groups in total. The summed E-state index contributed by atoms with van der Waals surface area (Å²) in [6, 6.07) is 0. The lowest BCUT2D eigenvalue weighted by atomic mass is 9.92. The lowest BCUT2D eigenvalue weighted by molar-refractivity contribution is -0.164. The Kier molecular flexibility index (Phi) is 5.95. The molecule has 0 unspecified atom stereocenters. The average molecular weight is 254 g/mol. The van der Waals surface area contributed by atoms with Crippen LogP contribution < -0.4 is 5.73 Å². The zero-order chi connectivity index (χ0) is 13.7. The summed E-state index contributed by atoms with van der Waals surface area (Å²) < 4.78 is 37.1. The van der Waals surface area contributed by atoms with Crippen LogP contribution in [0.2, 0.25) is 0 Å². The molecule has 0 rings (SSSR count). The Morgan fingerprint density at radius 1 is 1.18 bits per heavy atom. The Hall–Kier alpha value is -0.780.